The maximum atomic E-state index is 12.8. The Hall–Kier alpha value is -2.75. The van der Waals surface area contributed by atoms with E-state index in [0.29, 0.717) is 42.0 Å². The van der Waals surface area contributed by atoms with Crippen molar-refractivity contribution in [3.05, 3.63) is 65.2 Å². The number of piperidine rings is 1. The third-order valence-electron chi connectivity index (χ3n) is 6.21. The van der Waals surface area contributed by atoms with Crippen molar-refractivity contribution in [1.82, 2.24) is 9.62 Å². The van der Waals surface area contributed by atoms with E-state index in [0.717, 1.165) is 38.7 Å². The van der Waals surface area contributed by atoms with Crippen LogP contribution in [0.3, 0.4) is 0 Å². The van der Waals surface area contributed by atoms with Gasteiger partial charge in [-0.15, -0.1) is 0 Å². The summed E-state index contributed by atoms with van der Waals surface area (Å²) in [7, 11) is -3.37. The third-order valence-corrected chi connectivity index (χ3v) is 8.06. The fourth-order valence-electron chi connectivity index (χ4n) is 4.29. The van der Waals surface area contributed by atoms with Crippen molar-refractivity contribution in [2.45, 2.75) is 44.0 Å². The average Bonchev–Trinajstić information content (AvgIpc) is 3.37. The number of amides is 2. The highest BCUT2D eigenvalue weighted by molar-refractivity contribution is 7.88. The monoisotopic (exact) mass is 485 g/mol. The SMILES string of the molecule is O=C(Nc1ccccc1C(=O)NC[C@@H]1CCCO1)c1ccc(CS(=O)(=O)N2CCCCC2)cc1. The number of nitrogens with one attached hydrogen (secondary N) is 2. The zero-order valence-electron chi connectivity index (χ0n) is 19.2. The number of hydrogen-bond acceptors (Lipinski definition) is 5. The van der Waals surface area contributed by atoms with Gasteiger partial charge in [0.2, 0.25) is 10.0 Å². The van der Waals surface area contributed by atoms with Gasteiger partial charge in [-0.05, 0) is 55.5 Å². The molecule has 0 bridgehead atoms. The highest BCUT2D eigenvalue weighted by Gasteiger charge is 2.24. The van der Waals surface area contributed by atoms with Crippen LogP contribution in [-0.2, 0) is 20.5 Å². The van der Waals surface area contributed by atoms with Gasteiger partial charge in [-0.3, -0.25) is 9.59 Å². The molecule has 0 aliphatic carbocycles. The Labute approximate surface area is 200 Å². The van der Waals surface area contributed by atoms with Gasteiger partial charge in [0.25, 0.3) is 11.8 Å². The zero-order valence-corrected chi connectivity index (χ0v) is 20.0. The van der Waals surface area contributed by atoms with Crippen LogP contribution in [0.5, 0.6) is 0 Å². The second kappa shape index (κ2) is 11.1. The first-order chi connectivity index (χ1) is 16.4. The molecule has 34 heavy (non-hydrogen) atoms. The second-order valence-corrected chi connectivity index (χ2v) is 10.7. The number of para-hydroxylation sites is 1. The van der Waals surface area contributed by atoms with E-state index in [1.807, 2.05) is 0 Å². The van der Waals surface area contributed by atoms with E-state index < -0.39 is 10.0 Å². The summed E-state index contributed by atoms with van der Waals surface area (Å²) in [5, 5.41) is 5.67. The molecule has 2 fully saturated rings. The molecule has 9 heteroatoms. The summed E-state index contributed by atoms with van der Waals surface area (Å²) < 4.78 is 32.4. The van der Waals surface area contributed by atoms with Gasteiger partial charge in [-0.1, -0.05) is 30.7 Å². The number of carbonyl (C=O) groups excluding carboxylic acids is 2. The molecule has 0 radical (unpaired) electrons. The van der Waals surface area contributed by atoms with Crippen molar-refractivity contribution in [3.63, 3.8) is 0 Å². The smallest absolute Gasteiger partial charge is 0.255 e. The van der Waals surface area contributed by atoms with Crippen molar-refractivity contribution in [3.8, 4) is 0 Å². The first-order valence-corrected chi connectivity index (χ1v) is 13.4. The zero-order chi connectivity index (χ0) is 24.0. The minimum atomic E-state index is -3.37. The van der Waals surface area contributed by atoms with Gasteiger partial charge in [0.1, 0.15) is 0 Å². The Morgan fingerprint density at radius 1 is 0.941 bits per heavy atom. The maximum absolute atomic E-state index is 12.8. The molecule has 2 aliphatic rings. The summed E-state index contributed by atoms with van der Waals surface area (Å²) in [6.07, 6.45) is 4.81. The molecule has 0 unspecified atom stereocenters. The lowest BCUT2D eigenvalue weighted by Gasteiger charge is -2.25. The van der Waals surface area contributed by atoms with Gasteiger partial charge in [-0.2, -0.15) is 0 Å². The number of ether oxygens (including phenoxy) is 1. The fraction of sp³-hybridized carbons (Fsp3) is 0.440. The van der Waals surface area contributed by atoms with Gasteiger partial charge in [0.15, 0.2) is 0 Å². The molecule has 2 aliphatic heterocycles. The van der Waals surface area contributed by atoms with Gasteiger partial charge < -0.3 is 15.4 Å². The van der Waals surface area contributed by atoms with Crippen LogP contribution in [-0.4, -0.2) is 56.9 Å². The molecule has 0 saturated carbocycles. The molecule has 0 aromatic heterocycles. The number of rotatable bonds is 8. The molecule has 2 aromatic carbocycles. The fourth-order valence-corrected chi connectivity index (χ4v) is 5.90. The minimum Gasteiger partial charge on any atom is -0.376 e. The molecule has 2 N–H and O–H groups in total. The first kappa shape index (κ1) is 24.4. The van der Waals surface area contributed by atoms with Crippen molar-refractivity contribution >= 4 is 27.5 Å². The van der Waals surface area contributed by atoms with Crippen LogP contribution >= 0.6 is 0 Å². The molecule has 2 aromatic rings. The Kier molecular flexibility index (Phi) is 7.97. The number of nitrogens with zero attached hydrogens (tertiary/aromatic N) is 1. The van der Waals surface area contributed by atoms with Crippen LogP contribution in [0.1, 0.15) is 58.4 Å². The molecule has 8 nitrogen and oxygen atoms in total. The van der Waals surface area contributed by atoms with Crippen molar-refractivity contribution < 1.29 is 22.7 Å². The van der Waals surface area contributed by atoms with E-state index >= 15 is 0 Å². The summed E-state index contributed by atoms with van der Waals surface area (Å²) in [6, 6.07) is 13.4. The molecule has 1 atom stereocenters. The predicted octanol–water partition coefficient (Wildman–Crippen LogP) is 3.16. The molecular formula is C25H31N3O5S. The van der Waals surface area contributed by atoms with E-state index in [1.54, 1.807) is 52.8 Å². The quantitative estimate of drug-likeness (QED) is 0.598. The lowest BCUT2D eigenvalue weighted by molar-refractivity contribution is 0.0858. The van der Waals surface area contributed by atoms with Crippen molar-refractivity contribution in [2.24, 2.45) is 0 Å². The van der Waals surface area contributed by atoms with Crippen LogP contribution in [0.25, 0.3) is 0 Å². The third kappa shape index (κ3) is 6.22. The van der Waals surface area contributed by atoms with Crippen LogP contribution in [0.2, 0.25) is 0 Å². The van der Waals surface area contributed by atoms with E-state index in [4.69, 9.17) is 4.74 Å². The molecular weight excluding hydrogens is 454 g/mol. The number of anilines is 1. The lowest BCUT2D eigenvalue weighted by Crippen LogP contribution is -2.36. The Balaban J connectivity index is 1.37. The summed E-state index contributed by atoms with van der Waals surface area (Å²) in [5.74, 6) is -0.725. The Morgan fingerprint density at radius 3 is 2.38 bits per heavy atom. The van der Waals surface area contributed by atoms with Gasteiger partial charge in [0, 0.05) is 31.8 Å². The Bertz CT molecular complexity index is 1110. The van der Waals surface area contributed by atoms with Crippen molar-refractivity contribution in [1.29, 1.82) is 0 Å². The largest absolute Gasteiger partial charge is 0.376 e. The maximum Gasteiger partial charge on any atom is 0.255 e. The standard InChI is InChI=1S/C25H31N3O5S/c29-24(20-12-10-19(11-13-20)18-34(31,32)28-14-4-1-5-15-28)27-23-9-3-2-8-22(23)25(30)26-17-21-7-6-16-33-21/h2-3,8-13,21H,1,4-7,14-18H2,(H,26,30)(H,27,29)/t21-/m0/s1. The van der Waals surface area contributed by atoms with E-state index in [2.05, 4.69) is 10.6 Å². The van der Waals surface area contributed by atoms with Crippen LogP contribution < -0.4 is 10.6 Å². The van der Waals surface area contributed by atoms with Gasteiger partial charge >= 0.3 is 0 Å². The summed E-state index contributed by atoms with van der Waals surface area (Å²) >= 11 is 0. The number of sulfonamides is 1. The highest BCUT2D eigenvalue weighted by atomic mass is 32.2. The minimum absolute atomic E-state index is 0.0305. The highest BCUT2D eigenvalue weighted by Crippen LogP contribution is 2.20. The normalized spacial score (nSPS) is 19.0. The van der Waals surface area contributed by atoms with Crippen LogP contribution in [0, 0.1) is 0 Å². The molecule has 4 rings (SSSR count). The first-order valence-electron chi connectivity index (χ1n) is 11.8. The summed E-state index contributed by atoms with van der Waals surface area (Å²) in [4.78, 5) is 25.5. The summed E-state index contributed by atoms with van der Waals surface area (Å²) in [5.41, 5.74) is 1.80. The van der Waals surface area contributed by atoms with Gasteiger partial charge in [-0.25, -0.2) is 12.7 Å². The topological polar surface area (TPSA) is 105 Å². The van der Waals surface area contributed by atoms with Crippen LogP contribution in [0.4, 0.5) is 5.69 Å². The molecule has 0 spiro atoms. The molecule has 2 amide bonds. The predicted molar refractivity (Wildman–Crippen MR) is 130 cm³/mol. The second-order valence-electron chi connectivity index (χ2n) is 8.76. The lowest BCUT2D eigenvalue weighted by atomic mass is 10.1. The molecule has 2 saturated heterocycles. The van der Waals surface area contributed by atoms with Crippen LogP contribution in [0.15, 0.2) is 48.5 Å². The van der Waals surface area contributed by atoms with E-state index in [1.165, 1.54) is 0 Å². The van der Waals surface area contributed by atoms with E-state index in [-0.39, 0.29) is 23.7 Å². The number of hydrogen-bond donors (Lipinski definition) is 2. The average molecular weight is 486 g/mol. The molecule has 2 heterocycles. The van der Waals surface area contributed by atoms with Gasteiger partial charge in [0.05, 0.1) is 23.1 Å². The van der Waals surface area contributed by atoms with E-state index in [9.17, 15) is 18.0 Å². The summed E-state index contributed by atoms with van der Waals surface area (Å²) in [6.45, 7) is 2.30. The molecule has 182 valence electrons. The number of carbonyl (C=O) groups is 2. The van der Waals surface area contributed by atoms with Crippen molar-refractivity contribution in [2.75, 3.05) is 31.6 Å². The number of benzene rings is 2. The Morgan fingerprint density at radius 2 is 1.68 bits per heavy atom.